The number of nitrogens with zero attached hydrogens (tertiary/aromatic N) is 1. The third-order valence-corrected chi connectivity index (χ3v) is 11.4. The maximum Gasteiger partial charge on any atom is 0.338 e. The zero-order valence-electron chi connectivity index (χ0n) is 20.3. The van der Waals surface area contributed by atoms with Crippen LogP contribution in [0.1, 0.15) is 40.1 Å². The highest BCUT2D eigenvalue weighted by atomic mass is 35.5. The Bertz CT molecular complexity index is 1530. The molecule has 0 spiro atoms. The van der Waals surface area contributed by atoms with Gasteiger partial charge in [-0.3, -0.25) is 19.3 Å². The number of H-pyrrole nitrogens is 1. The molecule has 2 aromatic carbocycles. The zero-order valence-corrected chi connectivity index (χ0v) is 22.6. The molecule has 1 aromatic heterocycles. The van der Waals surface area contributed by atoms with E-state index in [-0.39, 0.29) is 64.1 Å². The second kappa shape index (κ2) is 8.83. The molecule has 3 aromatic rings. The van der Waals surface area contributed by atoms with E-state index in [0.717, 1.165) is 21.9 Å². The number of thioether (sulfide) groups is 1. The molecule has 2 amide bonds. The summed E-state index contributed by atoms with van der Waals surface area (Å²) in [4.78, 5) is 57.3. The number of fused-ring (bicyclic) bond motifs is 9. The van der Waals surface area contributed by atoms with E-state index in [0.29, 0.717) is 16.3 Å². The Balaban J connectivity index is 1.25. The van der Waals surface area contributed by atoms with E-state index < -0.39 is 5.97 Å². The number of ether oxygens (including phenoxy) is 1. The van der Waals surface area contributed by atoms with E-state index in [9.17, 15) is 19.2 Å². The Labute approximate surface area is 231 Å². The molecule has 3 fully saturated rings. The number of carbonyl (C=O) groups excluding carboxylic acids is 3. The van der Waals surface area contributed by atoms with Crippen LogP contribution in [0.25, 0.3) is 0 Å². The average molecular weight is 567 g/mol. The van der Waals surface area contributed by atoms with E-state index in [2.05, 4.69) is 4.98 Å². The molecule has 2 aliphatic carbocycles. The molecule has 0 unspecified atom stereocenters. The Morgan fingerprint density at radius 3 is 2.39 bits per heavy atom. The summed E-state index contributed by atoms with van der Waals surface area (Å²) in [6.07, 6.45) is 0.827. The van der Waals surface area contributed by atoms with Gasteiger partial charge in [-0.05, 0) is 73.1 Å². The third-order valence-electron chi connectivity index (χ3n) is 8.59. The topological polar surface area (TPSA) is 96.5 Å². The molecule has 3 heterocycles. The second-order valence-corrected chi connectivity index (χ2v) is 12.9. The molecule has 2 aliphatic heterocycles. The lowest BCUT2D eigenvalue weighted by molar-refractivity contribution is -0.123. The van der Waals surface area contributed by atoms with Gasteiger partial charge in [-0.15, -0.1) is 11.8 Å². The third kappa shape index (κ3) is 3.41. The number of halogens is 1. The molecule has 0 radical (unpaired) electrons. The largest absolute Gasteiger partial charge is 0.462 e. The van der Waals surface area contributed by atoms with Crippen molar-refractivity contribution in [1.29, 1.82) is 0 Å². The Kier molecular flexibility index (Phi) is 5.62. The number of amides is 2. The minimum absolute atomic E-state index is 0.0331. The maximum atomic E-state index is 13.9. The number of carbonyl (C=O) groups is 3. The molecule has 2 saturated carbocycles. The molecule has 7 atom stereocenters. The first kappa shape index (κ1) is 24.2. The average Bonchev–Trinajstić information content (AvgIpc) is 3.64. The first-order valence-corrected chi connectivity index (χ1v) is 14.7. The predicted octanol–water partition coefficient (Wildman–Crippen LogP) is 4.94. The molecular weight excluding hydrogens is 544 g/mol. The summed E-state index contributed by atoms with van der Waals surface area (Å²) in [6.45, 7) is 2.01. The number of nitrogens with one attached hydrogen (secondary N) is 1. The Hall–Kier alpha value is -2.88. The highest BCUT2D eigenvalue weighted by Crippen LogP contribution is 2.68. The number of anilines is 1. The van der Waals surface area contributed by atoms with Crippen LogP contribution in [0, 0.1) is 29.6 Å². The fraction of sp³-hybridized carbons (Fsp3) is 0.357. The number of benzene rings is 2. The van der Waals surface area contributed by atoms with Crippen LogP contribution in [0.4, 0.5) is 5.69 Å². The molecule has 7 nitrogen and oxygen atoms in total. The number of aromatic nitrogens is 1. The molecule has 2 bridgehead atoms. The number of imide groups is 1. The quantitative estimate of drug-likeness (QED) is 0.355. The van der Waals surface area contributed by atoms with Gasteiger partial charge in [-0.1, -0.05) is 35.1 Å². The van der Waals surface area contributed by atoms with Gasteiger partial charge < -0.3 is 9.72 Å². The van der Waals surface area contributed by atoms with Crippen molar-refractivity contribution in [3.63, 3.8) is 0 Å². The zero-order chi connectivity index (χ0) is 26.3. The molecule has 7 rings (SSSR count). The maximum absolute atomic E-state index is 13.9. The van der Waals surface area contributed by atoms with Crippen LogP contribution in [0.2, 0.25) is 5.02 Å². The van der Waals surface area contributed by atoms with Crippen molar-refractivity contribution < 1.29 is 19.1 Å². The number of hydrogen-bond acceptors (Lipinski definition) is 7. The van der Waals surface area contributed by atoms with E-state index in [1.165, 1.54) is 16.2 Å². The van der Waals surface area contributed by atoms with Gasteiger partial charge in [0.1, 0.15) is 0 Å². The van der Waals surface area contributed by atoms with Crippen LogP contribution in [0.5, 0.6) is 0 Å². The summed E-state index contributed by atoms with van der Waals surface area (Å²) in [5.41, 5.74) is 1.94. The minimum Gasteiger partial charge on any atom is -0.462 e. The number of rotatable bonds is 4. The van der Waals surface area contributed by atoms with E-state index >= 15 is 0 Å². The highest BCUT2D eigenvalue weighted by molar-refractivity contribution is 8.00. The highest BCUT2D eigenvalue weighted by Gasteiger charge is 2.69. The van der Waals surface area contributed by atoms with Crippen LogP contribution in [0.3, 0.4) is 0 Å². The van der Waals surface area contributed by atoms with E-state index in [4.69, 9.17) is 16.3 Å². The van der Waals surface area contributed by atoms with Gasteiger partial charge in [0.05, 0.1) is 34.7 Å². The lowest BCUT2D eigenvalue weighted by Crippen LogP contribution is -2.42. The fourth-order valence-corrected chi connectivity index (χ4v) is 10.3. The molecule has 194 valence electrons. The first-order chi connectivity index (χ1) is 18.4. The lowest BCUT2D eigenvalue weighted by atomic mass is 9.68. The smallest absolute Gasteiger partial charge is 0.338 e. The normalized spacial score (nSPS) is 30.8. The molecule has 4 aliphatic rings. The number of thiazole rings is 1. The first-order valence-electron chi connectivity index (χ1n) is 12.7. The van der Waals surface area contributed by atoms with Gasteiger partial charge in [-0.2, -0.15) is 0 Å². The Morgan fingerprint density at radius 2 is 1.71 bits per heavy atom. The summed E-state index contributed by atoms with van der Waals surface area (Å²) in [5.74, 6) is -1.34. The van der Waals surface area contributed by atoms with E-state index in [1.54, 1.807) is 43.0 Å². The molecule has 1 N–H and O–H groups in total. The summed E-state index contributed by atoms with van der Waals surface area (Å²) < 4.78 is 5.05. The van der Waals surface area contributed by atoms with E-state index in [1.807, 2.05) is 24.3 Å². The van der Waals surface area contributed by atoms with Crippen LogP contribution in [0.15, 0.2) is 58.4 Å². The van der Waals surface area contributed by atoms with Crippen LogP contribution in [-0.4, -0.2) is 34.6 Å². The monoisotopic (exact) mass is 566 g/mol. The molecule has 10 heteroatoms. The van der Waals surface area contributed by atoms with Crippen LogP contribution < -0.4 is 9.77 Å². The predicted molar refractivity (Wildman–Crippen MR) is 145 cm³/mol. The number of esters is 1. The van der Waals surface area contributed by atoms with Gasteiger partial charge in [0, 0.05) is 21.1 Å². The lowest BCUT2D eigenvalue weighted by Gasteiger charge is -2.43. The Morgan fingerprint density at radius 1 is 1.03 bits per heavy atom. The van der Waals surface area contributed by atoms with Crippen molar-refractivity contribution in [2.45, 2.75) is 29.5 Å². The van der Waals surface area contributed by atoms with Crippen molar-refractivity contribution in [3.8, 4) is 0 Å². The second-order valence-electron chi connectivity index (χ2n) is 10.3. The summed E-state index contributed by atoms with van der Waals surface area (Å²) in [7, 11) is 0. The van der Waals surface area contributed by atoms with Gasteiger partial charge in [0.25, 0.3) is 0 Å². The van der Waals surface area contributed by atoms with Gasteiger partial charge in [0.15, 0.2) is 0 Å². The summed E-state index contributed by atoms with van der Waals surface area (Å²) in [5, 5.41) is 1.66. The van der Waals surface area contributed by atoms with Crippen molar-refractivity contribution in [2.75, 3.05) is 11.5 Å². The number of hydrogen-bond donors (Lipinski definition) is 1. The molecule has 38 heavy (non-hydrogen) atoms. The molecule has 1 saturated heterocycles. The van der Waals surface area contributed by atoms with Crippen molar-refractivity contribution in [2.24, 2.45) is 29.6 Å². The molecular formula is C28H23ClN2O5S2. The summed E-state index contributed by atoms with van der Waals surface area (Å²) >= 11 is 9.09. The van der Waals surface area contributed by atoms with Crippen molar-refractivity contribution in [1.82, 2.24) is 4.98 Å². The van der Waals surface area contributed by atoms with Crippen molar-refractivity contribution >= 4 is 58.2 Å². The van der Waals surface area contributed by atoms with Crippen LogP contribution in [-0.2, 0) is 14.3 Å². The fourth-order valence-electron chi connectivity index (χ4n) is 7.28. The summed E-state index contributed by atoms with van der Waals surface area (Å²) in [6, 6.07) is 14.2. The SMILES string of the molecule is CCOC(=O)c1ccc(N2C(=O)[C@@H]3[C@H]4C[C@@H]([C@@H]5Sc6[nH]c(=O)sc6[C@H](c6ccc(Cl)cc6)[C@@H]45)[C@H]3C2=O)cc1. The van der Waals surface area contributed by atoms with Crippen molar-refractivity contribution in [3.05, 3.63) is 79.2 Å². The van der Waals surface area contributed by atoms with Gasteiger partial charge >= 0.3 is 10.8 Å². The number of aromatic amines is 1. The van der Waals surface area contributed by atoms with Crippen LogP contribution >= 0.6 is 34.7 Å². The van der Waals surface area contributed by atoms with Gasteiger partial charge in [-0.25, -0.2) is 4.79 Å². The minimum atomic E-state index is -0.437. The standard InChI is InChI=1S/C28H23ClN2O5S2/c1-2-36-27(34)13-5-9-15(10-6-13)31-25(32)20-16-11-17(21(20)26(31)33)22-19(16)18(12-3-7-14(29)8-4-12)23-24(37-22)30-28(35)38-23/h3-10,16-22H,2,11H2,1H3,(H,30,35)/t16-,17+,18+,19+,20+,21+,22-/m0/s1. The van der Waals surface area contributed by atoms with Gasteiger partial charge in [0.2, 0.25) is 11.8 Å².